The van der Waals surface area contributed by atoms with Crippen LogP contribution in [-0.2, 0) is 5.41 Å². The Hall–Kier alpha value is -3.81. The first-order valence-electron chi connectivity index (χ1n) is 12.6. The van der Waals surface area contributed by atoms with Crippen molar-refractivity contribution in [2.75, 3.05) is 0 Å². The predicted octanol–water partition coefficient (Wildman–Crippen LogP) is 10.1. The summed E-state index contributed by atoms with van der Waals surface area (Å²) in [5, 5.41) is 5.38. The van der Waals surface area contributed by atoms with Gasteiger partial charge < -0.3 is 0 Å². The zero-order valence-corrected chi connectivity index (χ0v) is 21.1. The normalized spacial score (nSPS) is 14.5. The molecule has 0 radical (unpaired) electrons. The quantitative estimate of drug-likeness (QED) is 0.227. The predicted molar refractivity (Wildman–Crippen MR) is 154 cm³/mol. The molecule has 0 spiro atoms. The zero-order chi connectivity index (χ0) is 24.0. The summed E-state index contributed by atoms with van der Waals surface area (Å²) in [4.78, 5) is 2.71. The molecule has 1 heteroatoms. The van der Waals surface area contributed by atoms with Gasteiger partial charge in [-0.25, -0.2) is 0 Å². The van der Waals surface area contributed by atoms with Crippen LogP contribution in [0.25, 0.3) is 54.9 Å². The molecule has 0 bridgehead atoms. The van der Waals surface area contributed by atoms with E-state index < -0.39 is 0 Å². The molecule has 6 aromatic carbocycles. The van der Waals surface area contributed by atoms with Gasteiger partial charge >= 0.3 is 0 Å². The molecule has 1 heterocycles. The Labute approximate surface area is 215 Å². The summed E-state index contributed by atoms with van der Waals surface area (Å²) in [5.41, 5.74) is 10.9. The van der Waals surface area contributed by atoms with Crippen molar-refractivity contribution < 1.29 is 0 Å². The standard InChI is InChI=1S/C35H24S/c1-35(2)30-20-23(16-18-26(30)29-19-14-21-8-3-4-10-24(21)33(29)35)25-17-15-22-9-7-12-28-27-11-5-6-13-31(27)36-34(25)32(22)28/h3-20H,1-2H3. The van der Waals surface area contributed by atoms with Crippen molar-refractivity contribution in [3.8, 4) is 33.4 Å². The summed E-state index contributed by atoms with van der Waals surface area (Å²) in [7, 11) is 0. The van der Waals surface area contributed by atoms with Crippen molar-refractivity contribution in [2.45, 2.75) is 29.1 Å². The number of benzene rings is 6. The molecular formula is C35H24S. The lowest BCUT2D eigenvalue weighted by molar-refractivity contribution is 0.666. The molecule has 0 aromatic heterocycles. The molecule has 2 aliphatic rings. The lowest BCUT2D eigenvalue weighted by atomic mass is 9.79. The minimum atomic E-state index is -0.0550. The molecule has 1 aliphatic carbocycles. The Bertz CT molecular complexity index is 1890. The molecule has 1 aliphatic heterocycles. The number of hydrogen-bond acceptors (Lipinski definition) is 1. The monoisotopic (exact) mass is 476 g/mol. The Balaban J connectivity index is 1.37. The fourth-order valence-electron chi connectivity index (χ4n) is 6.56. The lowest BCUT2D eigenvalue weighted by Gasteiger charge is -2.25. The van der Waals surface area contributed by atoms with Gasteiger partial charge in [-0.05, 0) is 72.8 Å². The average Bonchev–Trinajstić information content (AvgIpc) is 3.15. The van der Waals surface area contributed by atoms with Crippen LogP contribution in [0.3, 0.4) is 0 Å². The third kappa shape index (κ3) is 2.61. The SMILES string of the molecule is CC1(C)c2cc(-c3ccc4cccc5c4c3Sc3ccccc3-5)ccc2-c2ccc3ccccc3c21. The van der Waals surface area contributed by atoms with Crippen molar-refractivity contribution in [1.82, 2.24) is 0 Å². The van der Waals surface area contributed by atoms with Crippen LogP contribution in [0.5, 0.6) is 0 Å². The Morgan fingerprint density at radius 2 is 1.28 bits per heavy atom. The minimum Gasteiger partial charge on any atom is -0.0881 e. The Kier molecular flexibility index (Phi) is 4.03. The van der Waals surface area contributed by atoms with E-state index in [4.69, 9.17) is 0 Å². The van der Waals surface area contributed by atoms with Crippen molar-refractivity contribution in [3.05, 3.63) is 120 Å². The van der Waals surface area contributed by atoms with E-state index >= 15 is 0 Å². The third-order valence-corrected chi connectivity index (χ3v) is 9.44. The van der Waals surface area contributed by atoms with Crippen molar-refractivity contribution >= 4 is 33.3 Å². The highest BCUT2D eigenvalue weighted by Gasteiger charge is 2.37. The van der Waals surface area contributed by atoms with Crippen LogP contribution in [-0.4, -0.2) is 0 Å². The molecule has 0 unspecified atom stereocenters. The van der Waals surface area contributed by atoms with Gasteiger partial charge in [-0.15, -0.1) is 0 Å². The Morgan fingerprint density at radius 1 is 0.556 bits per heavy atom. The molecule has 6 aromatic rings. The van der Waals surface area contributed by atoms with E-state index in [-0.39, 0.29) is 5.41 Å². The zero-order valence-electron chi connectivity index (χ0n) is 20.3. The fraction of sp³-hybridized carbons (Fsp3) is 0.0857. The molecule has 0 N–H and O–H groups in total. The summed E-state index contributed by atoms with van der Waals surface area (Å²) in [5.74, 6) is 0. The van der Waals surface area contributed by atoms with Gasteiger partial charge in [0.25, 0.3) is 0 Å². The number of fused-ring (bicyclic) bond motifs is 7. The summed E-state index contributed by atoms with van der Waals surface area (Å²) in [6.45, 7) is 4.78. The van der Waals surface area contributed by atoms with Gasteiger partial charge in [0.05, 0.1) is 0 Å². The van der Waals surface area contributed by atoms with Gasteiger partial charge in [0.15, 0.2) is 0 Å². The van der Waals surface area contributed by atoms with E-state index in [1.807, 2.05) is 11.8 Å². The molecule has 0 atom stereocenters. The topological polar surface area (TPSA) is 0 Å². The van der Waals surface area contributed by atoms with Gasteiger partial charge in [-0.2, -0.15) is 0 Å². The molecular weight excluding hydrogens is 452 g/mol. The molecule has 0 fully saturated rings. The van der Waals surface area contributed by atoms with Gasteiger partial charge in [-0.3, -0.25) is 0 Å². The van der Waals surface area contributed by atoms with Gasteiger partial charge in [0.1, 0.15) is 0 Å². The molecule has 170 valence electrons. The highest BCUT2D eigenvalue weighted by atomic mass is 32.2. The van der Waals surface area contributed by atoms with Crippen LogP contribution in [0.2, 0.25) is 0 Å². The molecule has 0 saturated carbocycles. The second-order valence-corrected chi connectivity index (χ2v) is 11.6. The maximum atomic E-state index is 2.46. The van der Waals surface area contributed by atoms with E-state index in [0.29, 0.717) is 0 Å². The van der Waals surface area contributed by atoms with Crippen molar-refractivity contribution in [1.29, 1.82) is 0 Å². The molecule has 0 saturated heterocycles. The van der Waals surface area contributed by atoms with E-state index in [2.05, 4.69) is 123 Å². The summed E-state index contributed by atoms with van der Waals surface area (Å²) < 4.78 is 0. The van der Waals surface area contributed by atoms with Crippen LogP contribution in [0.1, 0.15) is 25.0 Å². The highest BCUT2D eigenvalue weighted by Crippen LogP contribution is 2.54. The Morgan fingerprint density at radius 3 is 2.22 bits per heavy atom. The summed E-state index contributed by atoms with van der Waals surface area (Å²) >= 11 is 1.92. The minimum absolute atomic E-state index is 0.0550. The third-order valence-electron chi connectivity index (χ3n) is 8.24. The summed E-state index contributed by atoms with van der Waals surface area (Å²) in [6.07, 6.45) is 0. The van der Waals surface area contributed by atoms with Crippen molar-refractivity contribution in [3.63, 3.8) is 0 Å². The van der Waals surface area contributed by atoms with E-state index in [9.17, 15) is 0 Å². The smallest absolute Gasteiger partial charge is 0.0285 e. The van der Waals surface area contributed by atoms with Gasteiger partial charge in [-0.1, -0.05) is 123 Å². The van der Waals surface area contributed by atoms with Crippen LogP contribution in [0.15, 0.2) is 119 Å². The summed E-state index contributed by atoms with van der Waals surface area (Å²) in [6, 6.07) is 40.7. The van der Waals surface area contributed by atoms with E-state index in [1.165, 1.54) is 75.8 Å². The maximum Gasteiger partial charge on any atom is 0.0285 e. The van der Waals surface area contributed by atoms with Crippen LogP contribution in [0, 0.1) is 0 Å². The van der Waals surface area contributed by atoms with E-state index in [1.54, 1.807) is 0 Å². The first-order valence-corrected chi connectivity index (χ1v) is 13.4. The first kappa shape index (κ1) is 20.4. The van der Waals surface area contributed by atoms with Gasteiger partial charge in [0.2, 0.25) is 0 Å². The second-order valence-electron chi connectivity index (χ2n) is 10.5. The number of rotatable bonds is 1. The molecule has 8 rings (SSSR count). The molecule has 0 nitrogen and oxygen atoms in total. The molecule has 36 heavy (non-hydrogen) atoms. The van der Waals surface area contributed by atoms with Crippen molar-refractivity contribution in [2.24, 2.45) is 0 Å². The van der Waals surface area contributed by atoms with E-state index in [0.717, 1.165) is 0 Å². The van der Waals surface area contributed by atoms with Crippen LogP contribution < -0.4 is 0 Å². The first-order chi connectivity index (χ1) is 17.6. The molecule has 0 amide bonds. The van der Waals surface area contributed by atoms with Crippen LogP contribution >= 0.6 is 11.8 Å². The average molecular weight is 477 g/mol. The number of hydrogen-bond donors (Lipinski definition) is 0. The second kappa shape index (κ2) is 7.12. The lowest BCUT2D eigenvalue weighted by Crippen LogP contribution is -2.15. The highest BCUT2D eigenvalue weighted by molar-refractivity contribution is 8.00. The largest absolute Gasteiger partial charge is 0.0881 e. The fourth-order valence-corrected chi connectivity index (χ4v) is 7.84. The van der Waals surface area contributed by atoms with Crippen LogP contribution in [0.4, 0.5) is 0 Å². The van der Waals surface area contributed by atoms with Gasteiger partial charge in [0, 0.05) is 20.6 Å². The maximum absolute atomic E-state index is 2.46.